The van der Waals surface area contributed by atoms with E-state index < -0.39 is 6.61 Å². The number of ether oxygens (including phenoxy) is 2. The summed E-state index contributed by atoms with van der Waals surface area (Å²) in [6, 6.07) is 8.86. The number of guanidine groups is 1. The summed E-state index contributed by atoms with van der Waals surface area (Å²) in [4.78, 5) is 5.44. The number of nitrogens with zero attached hydrogens (tertiary/aromatic N) is 1. The van der Waals surface area contributed by atoms with Gasteiger partial charge < -0.3 is 20.5 Å². The highest BCUT2D eigenvalue weighted by atomic mass is 32.1. The quantitative estimate of drug-likeness (QED) is 0.484. The lowest BCUT2D eigenvalue weighted by molar-refractivity contribution is -0.0505. The summed E-state index contributed by atoms with van der Waals surface area (Å²) in [5.41, 5.74) is 6.35. The van der Waals surface area contributed by atoms with Crippen LogP contribution in [0.2, 0.25) is 0 Å². The first-order valence-corrected chi connectivity index (χ1v) is 9.23. The van der Waals surface area contributed by atoms with E-state index in [-0.39, 0.29) is 18.3 Å². The lowest BCUT2D eigenvalue weighted by Gasteiger charge is -2.12. The molecule has 0 spiro atoms. The summed E-state index contributed by atoms with van der Waals surface area (Å²) in [5.74, 6) is 0.789. The molecule has 0 unspecified atom stereocenters. The Balaban J connectivity index is 1.94. The van der Waals surface area contributed by atoms with Crippen LogP contribution in [-0.2, 0) is 13.0 Å². The fourth-order valence-corrected chi connectivity index (χ4v) is 2.88. The molecular formula is C18H23F2N3O2S. The maximum Gasteiger partial charge on any atom is 0.387 e. The van der Waals surface area contributed by atoms with Gasteiger partial charge in [-0.3, -0.25) is 0 Å². The van der Waals surface area contributed by atoms with Crippen molar-refractivity contribution in [3.8, 4) is 11.5 Å². The second-order valence-electron chi connectivity index (χ2n) is 5.45. The van der Waals surface area contributed by atoms with Crippen LogP contribution in [0.5, 0.6) is 11.5 Å². The highest BCUT2D eigenvalue weighted by Gasteiger charge is 2.11. The Morgan fingerprint density at radius 3 is 2.88 bits per heavy atom. The normalized spacial score (nSPS) is 11.6. The van der Waals surface area contributed by atoms with Gasteiger partial charge in [0.1, 0.15) is 11.5 Å². The van der Waals surface area contributed by atoms with E-state index in [0.29, 0.717) is 24.5 Å². The molecule has 142 valence electrons. The second-order valence-corrected chi connectivity index (χ2v) is 6.49. The maximum atomic E-state index is 12.6. The third-order valence-electron chi connectivity index (χ3n) is 3.40. The van der Waals surface area contributed by atoms with Crippen LogP contribution in [0.1, 0.15) is 23.8 Å². The fourth-order valence-electron chi connectivity index (χ4n) is 2.18. The van der Waals surface area contributed by atoms with E-state index in [4.69, 9.17) is 10.5 Å². The first kappa shape index (κ1) is 20.0. The number of hydrogen-bond donors (Lipinski definition) is 2. The first-order valence-electron chi connectivity index (χ1n) is 8.35. The molecule has 1 heterocycles. The van der Waals surface area contributed by atoms with Crippen molar-refractivity contribution >= 4 is 17.3 Å². The lowest BCUT2D eigenvalue weighted by atomic mass is 10.2. The van der Waals surface area contributed by atoms with E-state index in [0.717, 1.165) is 12.8 Å². The van der Waals surface area contributed by atoms with Gasteiger partial charge in [0.15, 0.2) is 5.96 Å². The van der Waals surface area contributed by atoms with Gasteiger partial charge in [-0.1, -0.05) is 13.0 Å². The number of thiophene rings is 1. The van der Waals surface area contributed by atoms with Crippen LogP contribution in [0, 0.1) is 0 Å². The van der Waals surface area contributed by atoms with Crippen molar-refractivity contribution in [2.75, 3.05) is 13.2 Å². The Kier molecular flexibility index (Phi) is 8.14. The largest absolute Gasteiger partial charge is 0.493 e. The van der Waals surface area contributed by atoms with E-state index in [2.05, 4.69) is 21.1 Å². The van der Waals surface area contributed by atoms with Gasteiger partial charge in [-0.25, -0.2) is 4.99 Å². The first-order chi connectivity index (χ1) is 12.6. The molecule has 0 radical (unpaired) electrons. The number of alkyl halides is 2. The van der Waals surface area contributed by atoms with Crippen molar-refractivity contribution in [3.05, 3.63) is 46.2 Å². The molecule has 0 aliphatic carbocycles. The second kappa shape index (κ2) is 10.6. The summed E-state index contributed by atoms with van der Waals surface area (Å²) in [7, 11) is 0. The predicted octanol–water partition coefficient (Wildman–Crippen LogP) is 3.79. The molecule has 5 nitrogen and oxygen atoms in total. The Hall–Kier alpha value is -2.35. The van der Waals surface area contributed by atoms with Gasteiger partial charge in [0.05, 0.1) is 13.2 Å². The molecule has 1 aromatic carbocycles. The van der Waals surface area contributed by atoms with Gasteiger partial charge >= 0.3 is 6.61 Å². The number of benzene rings is 1. The Bertz CT molecular complexity index is 694. The molecule has 0 amide bonds. The topological polar surface area (TPSA) is 68.9 Å². The molecule has 0 fully saturated rings. The molecule has 1 aromatic heterocycles. The van der Waals surface area contributed by atoms with Gasteiger partial charge in [-0.05, 0) is 36.4 Å². The van der Waals surface area contributed by atoms with Crippen LogP contribution in [0.25, 0.3) is 0 Å². The fraction of sp³-hybridized carbons (Fsp3) is 0.389. The van der Waals surface area contributed by atoms with E-state index >= 15 is 0 Å². The van der Waals surface area contributed by atoms with Crippen LogP contribution >= 0.6 is 11.3 Å². The van der Waals surface area contributed by atoms with Gasteiger partial charge in [-0.2, -0.15) is 8.78 Å². The van der Waals surface area contributed by atoms with Gasteiger partial charge in [0, 0.05) is 23.1 Å². The average Bonchev–Trinajstić information content (AvgIpc) is 3.12. The summed E-state index contributed by atoms with van der Waals surface area (Å²) in [5, 5.41) is 5.03. The summed E-state index contributed by atoms with van der Waals surface area (Å²) >= 11 is 1.68. The van der Waals surface area contributed by atoms with Crippen molar-refractivity contribution < 1.29 is 18.3 Å². The SMILES string of the molecule is CCCOc1ccc(CN=C(N)NCCc2cccs2)c(OC(F)F)c1. The van der Waals surface area contributed by atoms with Crippen molar-refractivity contribution in [1.29, 1.82) is 0 Å². The van der Waals surface area contributed by atoms with Gasteiger partial charge in [-0.15, -0.1) is 11.3 Å². The van der Waals surface area contributed by atoms with E-state index in [1.54, 1.807) is 23.5 Å². The van der Waals surface area contributed by atoms with Crippen LogP contribution in [0.15, 0.2) is 40.7 Å². The number of halogens is 2. The molecule has 2 aromatic rings. The number of nitrogens with two attached hydrogens (primary N) is 1. The minimum Gasteiger partial charge on any atom is -0.493 e. The molecule has 0 saturated heterocycles. The van der Waals surface area contributed by atoms with Crippen molar-refractivity contribution in [1.82, 2.24) is 5.32 Å². The molecule has 8 heteroatoms. The third kappa shape index (κ3) is 6.87. The molecular weight excluding hydrogens is 360 g/mol. The highest BCUT2D eigenvalue weighted by molar-refractivity contribution is 7.09. The maximum absolute atomic E-state index is 12.6. The zero-order chi connectivity index (χ0) is 18.8. The standard InChI is InChI=1S/C18H23F2N3O2S/c1-2-9-24-14-6-5-13(16(11-14)25-17(19)20)12-23-18(21)22-8-7-15-4-3-10-26-15/h3-6,10-11,17H,2,7-9,12H2,1H3,(H3,21,22,23). The minimum atomic E-state index is -2.92. The highest BCUT2D eigenvalue weighted by Crippen LogP contribution is 2.27. The van der Waals surface area contributed by atoms with Crippen molar-refractivity contribution in [3.63, 3.8) is 0 Å². The van der Waals surface area contributed by atoms with Crippen LogP contribution in [0.4, 0.5) is 8.78 Å². The molecule has 26 heavy (non-hydrogen) atoms. The zero-order valence-corrected chi connectivity index (χ0v) is 15.4. The van der Waals surface area contributed by atoms with E-state index in [1.165, 1.54) is 10.9 Å². The molecule has 3 N–H and O–H groups in total. The van der Waals surface area contributed by atoms with Gasteiger partial charge in [0.2, 0.25) is 0 Å². The van der Waals surface area contributed by atoms with Crippen molar-refractivity contribution in [2.45, 2.75) is 32.9 Å². The van der Waals surface area contributed by atoms with E-state index in [1.807, 2.05) is 18.4 Å². The lowest BCUT2D eigenvalue weighted by Crippen LogP contribution is -2.33. The predicted molar refractivity (Wildman–Crippen MR) is 100 cm³/mol. The monoisotopic (exact) mass is 383 g/mol. The summed E-state index contributed by atoms with van der Waals surface area (Å²) in [6.45, 7) is 0.342. The summed E-state index contributed by atoms with van der Waals surface area (Å²) in [6.07, 6.45) is 1.67. The zero-order valence-electron chi connectivity index (χ0n) is 14.6. The van der Waals surface area contributed by atoms with Gasteiger partial charge in [0.25, 0.3) is 0 Å². The smallest absolute Gasteiger partial charge is 0.387 e. The molecule has 0 aliphatic rings. The molecule has 0 bridgehead atoms. The van der Waals surface area contributed by atoms with Crippen molar-refractivity contribution in [2.24, 2.45) is 10.7 Å². The Morgan fingerprint density at radius 1 is 1.35 bits per heavy atom. The van der Waals surface area contributed by atoms with Crippen LogP contribution in [-0.4, -0.2) is 25.7 Å². The molecule has 0 saturated carbocycles. The average molecular weight is 383 g/mol. The number of rotatable bonds is 10. The Morgan fingerprint density at radius 2 is 2.19 bits per heavy atom. The van der Waals surface area contributed by atoms with Crippen LogP contribution < -0.4 is 20.5 Å². The Labute approximate surface area is 155 Å². The summed E-state index contributed by atoms with van der Waals surface area (Å²) < 4.78 is 35.3. The third-order valence-corrected chi connectivity index (χ3v) is 4.34. The molecule has 0 aliphatic heterocycles. The van der Waals surface area contributed by atoms with E-state index in [9.17, 15) is 8.78 Å². The minimum absolute atomic E-state index is 0.0451. The number of nitrogens with one attached hydrogen (secondary N) is 1. The van der Waals surface area contributed by atoms with Crippen LogP contribution in [0.3, 0.4) is 0 Å². The molecule has 0 atom stereocenters. The number of hydrogen-bond acceptors (Lipinski definition) is 4. The molecule has 2 rings (SSSR count). The number of aliphatic imine (C=N–C) groups is 1.